The lowest BCUT2D eigenvalue weighted by Gasteiger charge is -2.31. The van der Waals surface area contributed by atoms with Crippen molar-refractivity contribution in [1.29, 1.82) is 0 Å². The Kier molecular flexibility index (Phi) is 2.99. The highest BCUT2D eigenvalue weighted by atomic mass is 32.1. The lowest BCUT2D eigenvalue weighted by atomic mass is 10.2. The van der Waals surface area contributed by atoms with Crippen LogP contribution in [0.5, 0.6) is 0 Å². The van der Waals surface area contributed by atoms with E-state index >= 15 is 0 Å². The summed E-state index contributed by atoms with van der Waals surface area (Å²) < 4.78 is 10.6. The molecule has 1 aromatic rings. The first-order valence-electron chi connectivity index (χ1n) is 6.13. The number of morpholine rings is 1. The lowest BCUT2D eigenvalue weighted by molar-refractivity contribution is 0.0304. The molecule has 5 nitrogen and oxygen atoms in total. The van der Waals surface area contributed by atoms with Gasteiger partial charge in [-0.15, -0.1) is 0 Å². The van der Waals surface area contributed by atoms with Gasteiger partial charge in [-0.1, -0.05) is 11.3 Å². The third-order valence-electron chi connectivity index (χ3n) is 3.47. The van der Waals surface area contributed by atoms with E-state index < -0.39 is 0 Å². The first-order valence-corrected chi connectivity index (χ1v) is 6.95. The lowest BCUT2D eigenvalue weighted by Crippen LogP contribution is -2.42. The number of nitrogens with zero attached hydrogens (tertiary/aromatic N) is 2. The van der Waals surface area contributed by atoms with Crippen molar-refractivity contribution in [2.75, 3.05) is 25.1 Å². The zero-order chi connectivity index (χ0) is 12.7. The second-order valence-corrected chi connectivity index (χ2v) is 5.74. The molecule has 1 aromatic heterocycles. The van der Waals surface area contributed by atoms with E-state index in [1.54, 1.807) is 0 Å². The maximum Gasteiger partial charge on any atom is 0.350 e. The van der Waals surface area contributed by atoms with Gasteiger partial charge in [-0.2, -0.15) is 0 Å². The normalized spacial score (nSPS) is 26.4. The van der Waals surface area contributed by atoms with Gasteiger partial charge in [0.2, 0.25) is 0 Å². The predicted octanol–water partition coefficient (Wildman–Crippen LogP) is 1.61. The predicted molar refractivity (Wildman–Crippen MR) is 68.3 cm³/mol. The number of carbonyl (C=O) groups excluding carboxylic acids is 1. The molecule has 2 fully saturated rings. The Morgan fingerprint density at radius 2 is 2.11 bits per heavy atom. The summed E-state index contributed by atoms with van der Waals surface area (Å²) in [5.41, 5.74) is 0.751. The molecule has 0 aromatic carbocycles. The minimum atomic E-state index is -0.299. The first kappa shape index (κ1) is 11.9. The van der Waals surface area contributed by atoms with Crippen LogP contribution < -0.4 is 4.90 Å². The number of esters is 1. The number of ether oxygens (including phenoxy) is 2. The summed E-state index contributed by atoms with van der Waals surface area (Å²) in [4.78, 5) is 18.9. The van der Waals surface area contributed by atoms with Crippen LogP contribution in [0.15, 0.2) is 0 Å². The number of aromatic nitrogens is 1. The molecule has 0 N–H and O–H groups in total. The van der Waals surface area contributed by atoms with Gasteiger partial charge < -0.3 is 14.4 Å². The van der Waals surface area contributed by atoms with Gasteiger partial charge in [-0.05, 0) is 19.8 Å². The van der Waals surface area contributed by atoms with Crippen molar-refractivity contribution in [2.24, 2.45) is 0 Å². The Labute approximate surface area is 110 Å². The van der Waals surface area contributed by atoms with Crippen molar-refractivity contribution in [1.82, 2.24) is 4.98 Å². The summed E-state index contributed by atoms with van der Waals surface area (Å²) in [5, 5.41) is 0.910. The number of hydrogen-bond donors (Lipinski definition) is 0. The SMILES string of the molecule is COC(=O)c1sc(N2CC3CCC(C2)O3)nc1C. The number of rotatable bonds is 2. The molecule has 3 heterocycles. The van der Waals surface area contributed by atoms with Gasteiger partial charge >= 0.3 is 5.97 Å². The first-order chi connectivity index (χ1) is 8.67. The minimum absolute atomic E-state index is 0.299. The summed E-state index contributed by atoms with van der Waals surface area (Å²) in [5.74, 6) is -0.299. The third kappa shape index (κ3) is 1.99. The van der Waals surface area contributed by atoms with Crippen molar-refractivity contribution >= 4 is 22.4 Å². The zero-order valence-corrected chi connectivity index (χ0v) is 11.3. The quantitative estimate of drug-likeness (QED) is 0.763. The van der Waals surface area contributed by atoms with Gasteiger partial charge in [0.1, 0.15) is 4.88 Å². The molecule has 2 saturated heterocycles. The molecule has 0 amide bonds. The van der Waals surface area contributed by atoms with Gasteiger partial charge in [-0.25, -0.2) is 9.78 Å². The van der Waals surface area contributed by atoms with Crippen LogP contribution in [0.4, 0.5) is 5.13 Å². The number of aryl methyl sites for hydroxylation is 1. The van der Waals surface area contributed by atoms with Gasteiger partial charge in [0.25, 0.3) is 0 Å². The molecule has 2 bridgehead atoms. The highest BCUT2D eigenvalue weighted by Gasteiger charge is 2.35. The van der Waals surface area contributed by atoms with E-state index in [2.05, 4.69) is 9.88 Å². The highest BCUT2D eigenvalue weighted by Crippen LogP contribution is 2.33. The smallest absolute Gasteiger partial charge is 0.350 e. The molecule has 0 radical (unpaired) electrons. The molecule has 0 spiro atoms. The summed E-state index contributed by atoms with van der Waals surface area (Å²) in [6, 6.07) is 0. The van der Waals surface area contributed by atoms with E-state index in [0.29, 0.717) is 17.1 Å². The maximum atomic E-state index is 11.6. The molecule has 18 heavy (non-hydrogen) atoms. The second-order valence-electron chi connectivity index (χ2n) is 4.76. The second kappa shape index (κ2) is 4.51. The van der Waals surface area contributed by atoms with Crippen LogP contribution in [-0.2, 0) is 9.47 Å². The Balaban J connectivity index is 1.82. The van der Waals surface area contributed by atoms with Crippen LogP contribution in [0.3, 0.4) is 0 Å². The molecular weight excluding hydrogens is 252 g/mol. The summed E-state index contributed by atoms with van der Waals surface area (Å²) in [6.07, 6.45) is 2.93. The topological polar surface area (TPSA) is 51.7 Å². The zero-order valence-electron chi connectivity index (χ0n) is 10.5. The standard InChI is InChI=1S/C12H16N2O3S/c1-7-10(11(15)16-2)18-12(13-7)14-5-8-3-4-9(6-14)17-8/h8-9H,3-6H2,1-2H3. The summed E-state index contributed by atoms with van der Waals surface area (Å²) in [7, 11) is 1.40. The average Bonchev–Trinajstić information content (AvgIpc) is 2.92. The minimum Gasteiger partial charge on any atom is -0.465 e. The molecule has 6 heteroatoms. The van der Waals surface area contributed by atoms with Crippen molar-refractivity contribution in [3.8, 4) is 0 Å². The number of anilines is 1. The largest absolute Gasteiger partial charge is 0.465 e. The van der Waals surface area contributed by atoms with E-state index in [9.17, 15) is 4.79 Å². The molecule has 2 aliphatic rings. The Hall–Kier alpha value is -1.14. The number of hydrogen-bond acceptors (Lipinski definition) is 6. The van der Waals surface area contributed by atoms with E-state index in [1.165, 1.54) is 18.4 Å². The number of methoxy groups -OCH3 is 1. The molecule has 3 rings (SSSR count). The maximum absolute atomic E-state index is 11.6. The van der Waals surface area contributed by atoms with Crippen LogP contribution in [-0.4, -0.2) is 43.4 Å². The van der Waals surface area contributed by atoms with Crippen molar-refractivity contribution in [2.45, 2.75) is 32.0 Å². The van der Waals surface area contributed by atoms with Crippen molar-refractivity contribution in [3.63, 3.8) is 0 Å². The van der Waals surface area contributed by atoms with Gasteiger partial charge in [-0.3, -0.25) is 0 Å². The molecule has 2 atom stereocenters. The molecular formula is C12H16N2O3S. The fourth-order valence-corrected chi connectivity index (χ4v) is 3.57. The van der Waals surface area contributed by atoms with Crippen LogP contribution >= 0.6 is 11.3 Å². The fourth-order valence-electron chi connectivity index (χ4n) is 2.57. The summed E-state index contributed by atoms with van der Waals surface area (Å²) in [6.45, 7) is 3.61. The Morgan fingerprint density at radius 3 is 2.72 bits per heavy atom. The van der Waals surface area contributed by atoms with Crippen LogP contribution in [0.1, 0.15) is 28.2 Å². The van der Waals surface area contributed by atoms with Gasteiger partial charge in [0.15, 0.2) is 5.13 Å². The average molecular weight is 268 g/mol. The monoisotopic (exact) mass is 268 g/mol. The Bertz CT molecular complexity index is 462. The van der Waals surface area contributed by atoms with E-state index in [4.69, 9.17) is 9.47 Å². The van der Waals surface area contributed by atoms with Crippen LogP contribution in [0.25, 0.3) is 0 Å². The van der Waals surface area contributed by atoms with E-state index in [0.717, 1.165) is 36.8 Å². The Morgan fingerprint density at radius 1 is 1.44 bits per heavy atom. The van der Waals surface area contributed by atoms with Crippen LogP contribution in [0.2, 0.25) is 0 Å². The fraction of sp³-hybridized carbons (Fsp3) is 0.667. The number of fused-ring (bicyclic) bond motifs is 2. The molecule has 2 aliphatic heterocycles. The molecule has 2 unspecified atom stereocenters. The number of thiazole rings is 1. The van der Waals surface area contributed by atoms with Gasteiger partial charge in [0.05, 0.1) is 25.0 Å². The van der Waals surface area contributed by atoms with Crippen LogP contribution in [0, 0.1) is 6.92 Å². The highest BCUT2D eigenvalue weighted by molar-refractivity contribution is 7.17. The van der Waals surface area contributed by atoms with Crippen molar-refractivity contribution in [3.05, 3.63) is 10.6 Å². The molecule has 0 aliphatic carbocycles. The van der Waals surface area contributed by atoms with E-state index in [-0.39, 0.29) is 5.97 Å². The molecule has 0 saturated carbocycles. The molecule has 98 valence electrons. The van der Waals surface area contributed by atoms with E-state index in [1.807, 2.05) is 6.92 Å². The van der Waals surface area contributed by atoms with Crippen molar-refractivity contribution < 1.29 is 14.3 Å². The summed E-state index contributed by atoms with van der Waals surface area (Å²) >= 11 is 1.42. The third-order valence-corrected chi connectivity index (χ3v) is 4.67. The number of carbonyl (C=O) groups is 1. The van der Waals surface area contributed by atoms with Gasteiger partial charge in [0, 0.05) is 13.1 Å².